The van der Waals surface area contributed by atoms with E-state index in [1.54, 1.807) is 0 Å². The third-order valence-electron chi connectivity index (χ3n) is 4.29. The average Bonchev–Trinajstić information content (AvgIpc) is 2.81. The second kappa shape index (κ2) is 8.08. The Kier molecular flexibility index (Phi) is 6.10. The van der Waals surface area contributed by atoms with Crippen LogP contribution in [-0.2, 0) is 11.3 Å². The molecule has 2 rings (SSSR count). The minimum absolute atomic E-state index is 0.340. The lowest BCUT2D eigenvalue weighted by atomic mass is 10.0. The first-order valence-corrected chi connectivity index (χ1v) is 8.14. The SMILES string of the molecule is CCCCCCCC1CCC(=O)N1Cc1ccccc1. The molecule has 2 heteroatoms. The first-order chi connectivity index (χ1) is 9.81. The fraction of sp³-hybridized carbons (Fsp3) is 0.611. The maximum absolute atomic E-state index is 12.1. The van der Waals surface area contributed by atoms with Crippen LogP contribution in [-0.4, -0.2) is 16.8 Å². The molecule has 20 heavy (non-hydrogen) atoms. The van der Waals surface area contributed by atoms with Crippen molar-refractivity contribution >= 4 is 5.91 Å². The van der Waals surface area contributed by atoms with E-state index in [0.717, 1.165) is 19.4 Å². The minimum atomic E-state index is 0.340. The fourth-order valence-corrected chi connectivity index (χ4v) is 3.07. The molecule has 0 aromatic heterocycles. The van der Waals surface area contributed by atoms with Gasteiger partial charge >= 0.3 is 0 Å². The van der Waals surface area contributed by atoms with E-state index in [-0.39, 0.29) is 0 Å². The number of carbonyl (C=O) groups is 1. The summed E-state index contributed by atoms with van der Waals surface area (Å²) in [6, 6.07) is 10.8. The van der Waals surface area contributed by atoms with Crippen molar-refractivity contribution in [2.45, 2.75) is 70.9 Å². The third kappa shape index (κ3) is 4.36. The molecule has 1 saturated heterocycles. The zero-order valence-electron chi connectivity index (χ0n) is 12.7. The number of rotatable bonds is 8. The number of unbranched alkanes of at least 4 members (excludes halogenated alkanes) is 4. The van der Waals surface area contributed by atoms with Crippen LogP contribution in [0.1, 0.15) is 63.9 Å². The summed E-state index contributed by atoms with van der Waals surface area (Å²) in [5.41, 5.74) is 1.25. The molecule has 0 saturated carbocycles. The van der Waals surface area contributed by atoms with Crippen molar-refractivity contribution in [3.63, 3.8) is 0 Å². The monoisotopic (exact) mass is 273 g/mol. The van der Waals surface area contributed by atoms with Gasteiger partial charge in [-0.3, -0.25) is 4.79 Å². The number of amides is 1. The number of nitrogens with zero attached hydrogens (tertiary/aromatic N) is 1. The molecule has 1 amide bonds. The molecule has 0 bridgehead atoms. The van der Waals surface area contributed by atoms with Crippen molar-refractivity contribution in [3.05, 3.63) is 35.9 Å². The standard InChI is InChI=1S/C18H27NO/c1-2-3-4-5-9-12-17-13-14-18(20)19(17)15-16-10-7-6-8-11-16/h6-8,10-11,17H,2-5,9,12-15H2,1H3. The average molecular weight is 273 g/mol. The van der Waals surface area contributed by atoms with Crippen LogP contribution >= 0.6 is 0 Å². The molecule has 0 aliphatic carbocycles. The van der Waals surface area contributed by atoms with E-state index in [9.17, 15) is 4.79 Å². The van der Waals surface area contributed by atoms with Gasteiger partial charge in [0, 0.05) is 19.0 Å². The number of hydrogen-bond acceptors (Lipinski definition) is 1. The zero-order valence-corrected chi connectivity index (χ0v) is 12.7. The van der Waals surface area contributed by atoms with Crippen LogP contribution in [0.2, 0.25) is 0 Å². The summed E-state index contributed by atoms with van der Waals surface area (Å²) in [6.45, 7) is 3.04. The van der Waals surface area contributed by atoms with Crippen molar-refractivity contribution in [2.75, 3.05) is 0 Å². The topological polar surface area (TPSA) is 20.3 Å². The smallest absolute Gasteiger partial charge is 0.223 e. The number of benzene rings is 1. The predicted octanol–water partition coefficient (Wildman–Crippen LogP) is 4.54. The van der Waals surface area contributed by atoms with E-state index in [2.05, 4.69) is 36.1 Å². The van der Waals surface area contributed by atoms with Crippen LogP contribution in [0.25, 0.3) is 0 Å². The van der Waals surface area contributed by atoms with Gasteiger partial charge in [0.1, 0.15) is 0 Å². The lowest BCUT2D eigenvalue weighted by molar-refractivity contribution is -0.129. The summed E-state index contributed by atoms with van der Waals surface area (Å²) in [4.78, 5) is 14.2. The third-order valence-corrected chi connectivity index (χ3v) is 4.29. The minimum Gasteiger partial charge on any atom is -0.335 e. The lowest BCUT2D eigenvalue weighted by Gasteiger charge is -2.25. The van der Waals surface area contributed by atoms with Crippen molar-refractivity contribution < 1.29 is 4.79 Å². The summed E-state index contributed by atoms with van der Waals surface area (Å²) >= 11 is 0. The van der Waals surface area contributed by atoms with Gasteiger partial charge in [0.25, 0.3) is 0 Å². The maximum Gasteiger partial charge on any atom is 0.223 e. The number of carbonyl (C=O) groups excluding carboxylic acids is 1. The molecule has 1 aromatic rings. The van der Waals surface area contributed by atoms with Gasteiger partial charge in [-0.1, -0.05) is 69.4 Å². The van der Waals surface area contributed by atoms with E-state index in [0.29, 0.717) is 11.9 Å². The van der Waals surface area contributed by atoms with Crippen molar-refractivity contribution in [1.29, 1.82) is 0 Å². The number of likely N-dealkylation sites (tertiary alicyclic amines) is 1. The van der Waals surface area contributed by atoms with Crippen LogP contribution in [0, 0.1) is 0 Å². The van der Waals surface area contributed by atoms with Crippen LogP contribution in [0.15, 0.2) is 30.3 Å². The van der Waals surface area contributed by atoms with Gasteiger partial charge in [-0.25, -0.2) is 0 Å². The van der Waals surface area contributed by atoms with Gasteiger partial charge in [0.2, 0.25) is 5.91 Å². The van der Waals surface area contributed by atoms with Crippen molar-refractivity contribution in [2.24, 2.45) is 0 Å². The first kappa shape index (κ1) is 15.1. The Balaban J connectivity index is 1.81. The van der Waals surface area contributed by atoms with Gasteiger partial charge in [-0.15, -0.1) is 0 Å². The Bertz CT molecular complexity index is 401. The Morgan fingerprint density at radius 1 is 1.10 bits per heavy atom. The second-order valence-corrected chi connectivity index (χ2v) is 5.90. The molecule has 0 N–H and O–H groups in total. The molecule has 1 unspecified atom stereocenters. The molecular formula is C18H27NO. The quantitative estimate of drug-likeness (QED) is 0.637. The maximum atomic E-state index is 12.1. The lowest BCUT2D eigenvalue weighted by Crippen LogP contribution is -2.32. The normalized spacial score (nSPS) is 18.8. The van der Waals surface area contributed by atoms with Crippen LogP contribution in [0.3, 0.4) is 0 Å². The molecule has 1 aliphatic rings. The van der Waals surface area contributed by atoms with Gasteiger partial charge in [0.05, 0.1) is 0 Å². The molecule has 1 aromatic carbocycles. The van der Waals surface area contributed by atoms with E-state index in [1.807, 2.05) is 6.07 Å². The highest BCUT2D eigenvalue weighted by Crippen LogP contribution is 2.25. The summed E-state index contributed by atoms with van der Waals surface area (Å²) in [7, 11) is 0. The van der Waals surface area contributed by atoms with E-state index < -0.39 is 0 Å². The van der Waals surface area contributed by atoms with Crippen molar-refractivity contribution in [3.8, 4) is 0 Å². The Morgan fingerprint density at radius 2 is 1.85 bits per heavy atom. The molecule has 1 fully saturated rings. The van der Waals surface area contributed by atoms with Gasteiger partial charge < -0.3 is 4.90 Å². The van der Waals surface area contributed by atoms with Gasteiger partial charge in [-0.05, 0) is 18.4 Å². The van der Waals surface area contributed by atoms with E-state index >= 15 is 0 Å². The largest absolute Gasteiger partial charge is 0.335 e. The second-order valence-electron chi connectivity index (χ2n) is 5.90. The molecule has 1 atom stereocenters. The molecular weight excluding hydrogens is 246 g/mol. The Hall–Kier alpha value is -1.31. The summed E-state index contributed by atoms with van der Waals surface area (Å²) in [5.74, 6) is 0.340. The predicted molar refractivity (Wildman–Crippen MR) is 83.4 cm³/mol. The first-order valence-electron chi connectivity index (χ1n) is 8.14. The molecule has 1 aliphatic heterocycles. The summed E-state index contributed by atoms with van der Waals surface area (Å²) in [6.07, 6.45) is 9.55. The highest BCUT2D eigenvalue weighted by atomic mass is 16.2. The van der Waals surface area contributed by atoms with Crippen LogP contribution in [0.5, 0.6) is 0 Å². The van der Waals surface area contributed by atoms with Crippen LogP contribution < -0.4 is 0 Å². The van der Waals surface area contributed by atoms with Gasteiger partial charge in [-0.2, -0.15) is 0 Å². The summed E-state index contributed by atoms with van der Waals surface area (Å²) < 4.78 is 0. The van der Waals surface area contributed by atoms with Gasteiger partial charge in [0.15, 0.2) is 0 Å². The zero-order chi connectivity index (χ0) is 14.2. The Morgan fingerprint density at radius 3 is 2.60 bits per heavy atom. The molecule has 1 heterocycles. The number of hydrogen-bond donors (Lipinski definition) is 0. The van der Waals surface area contributed by atoms with E-state index in [4.69, 9.17) is 0 Å². The Labute approximate surface area is 123 Å². The molecule has 2 nitrogen and oxygen atoms in total. The fourth-order valence-electron chi connectivity index (χ4n) is 3.07. The highest BCUT2D eigenvalue weighted by Gasteiger charge is 2.30. The van der Waals surface area contributed by atoms with Crippen LogP contribution in [0.4, 0.5) is 0 Å². The van der Waals surface area contributed by atoms with E-state index in [1.165, 1.54) is 44.1 Å². The highest BCUT2D eigenvalue weighted by molar-refractivity contribution is 5.78. The molecule has 110 valence electrons. The molecule has 0 radical (unpaired) electrons. The van der Waals surface area contributed by atoms with Crippen molar-refractivity contribution in [1.82, 2.24) is 4.90 Å². The summed E-state index contributed by atoms with van der Waals surface area (Å²) in [5, 5.41) is 0. The molecule has 0 spiro atoms.